The van der Waals surface area contributed by atoms with E-state index in [4.69, 9.17) is 6.42 Å². The zero-order chi connectivity index (χ0) is 11.7. The normalized spacial score (nSPS) is 13.5. The number of hydrogen-bond acceptors (Lipinski definition) is 2. The summed E-state index contributed by atoms with van der Waals surface area (Å²) in [7, 11) is 1.69. The summed E-state index contributed by atoms with van der Waals surface area (Å²) in [5.74, 6) is 2.48. The first-order valence-electron chi connectivity index (χ1n) is 4.75. The Morgan fingerprint density at radius 3 is 2.60 bits per heavy atom. The fourth-order valence-electron chi connectivity index (χ4n) is 1.08. The molecule has 1 atom stereocenters. The minimum Gasteiger partial charge on any atom is -0.370 e. The van der Waals surface area contributed by atoms with Gasteiger partial charge in [-0.05, 0) is 19.9 Å². The molecule has 0 aromatic heterocycles. The molecule has 15 heavy (non-hydrogen) atoms. The first-order chi connectivity index (χ1) is 6.99. The van der Waals surface area contributed by atoms with E-state index >= 15 is 0 Å². The van der Waals surface area contributed by atoms with Crippen molar-refractivity contribution in [3.05, 3.63) is 0 Å². The van der Waals surface area contributed by atoms with Gasteiger partial charge >= 0.3 is 6.18 Å². The Bertz CT molecular complexity index is 198. The molecule has 88 valence electrons. The number of hydrogen-bond donors (Lipinski definition) is 1. The molecule has 0 radical (unpaired) electrons. The van der Waals surface area contributed by atoms with Crippen molar-refractivity contribution >= 4 is 0 Å². The summed E-state index contributed by atoms with van der Waals surface area (Å²) < 4.78 is 39.8. The molecule has 0 spiro atoms. The number of rotatable bonds is 7. The average Bonchev–Trinajstić information content (AvgIpc) is 2.14. The van der Waals surface area contributed by atoms with Crippen molar-refractivity contribution in [2.75, 3.05) is 20.3 Å². The zero-order valence-corrected chi connectivity index (χ0v) is 8.73. The number of halogens is 3. The first kappa shape index (κ1) is 14.3. The quantitative estimate of drug-likeness (QED) is 0.526. The highest BCUT2D eigenvalue weighted by atomic mass is 19.4. The van der Waals surface area contributed by atoms with Crippen LogP contribution in [0.1, 0.15) is 19.3 Å². The predicted molar refractivity (Wildman–Crippen MR) is 52.4 cm³/mol. The van der Waals surface area contributed by atoms with E-state index in [-0.39, 0.29) is 12.6 Å². The maximum Gasteiger partial charge on any atom is 0.411 e. The van der Waals surface area contributed by atoms with Crippen LogP contribution in [-0.2, 0) is 4.74 Å². The number of unbranched alkanes of at least 4 members (excludes halogenated alkanes) is 1. The van der Waals surface area contributed by atoms with E-state index in [2.05, 4.69) is 16.0 Å². The second-order valence-corrected chi connectivity index (χ2v) is 3.21. The van der Waals surface area contributed by atoms with Gasteiger partial charge in [-0.15, -0.1) is 12.3 Å². The van der Waals surface area contributed by atoms with Crippen molar-refractivity contribution < 1.29 is 17.9 Å². The highest BCUT2D eigenvalue weighted by molar-refractivity contribution is 4.83. The SMILES string of the molecule is C#CCCCC(COCC(F)(F)F)NC. The minimum absolute atomic E-state index is 0.0561. The van der Waals surface area contributed by atoms with Gasteiger partial charge in [-0.3, -0.25) is 0 Å². The van der Waals surface area contributed by atoms with Crippen LogP contribution in [0.15, 0.2) is 0 Å². The Morgan fingerprint density at radius 2 is 2.13 bits per heavy atom. The van der Waals surface area contributed by atoms with Gasteiger partial charge in [-0.25, -0.2) is 0 Å². The van der Waals surface area contributed by atoms with E-state index in [1.54, 1.807) is 7.05 Å². The van der Waals surface area contributed by atoms with E-state index < -0.39 is 12.8 Å². The van der Waals surface area contributed by atoms with Gasteiger partial charge in [0.25, 0.3) is 0 Å². The van der Waals surface area contributed by atoms with Crippen molar-refractivity contribution in [2.24, 2.45) is 0 Å². The fraction of sp³-hybridized carbons (Fsp3) is 0.800. The van der Waals surface area contributed by atoms with Gasteiger partial charge in [0.05, 0.1) is 6.61 Å². The molecule has 0 rings (SSSR count). The summed E-state index contributed by atoms with van der Waals surface area (Å²) in [6, 6.07) is -0.0688. The average molecular weight is 223 g/mol. The second kappa shape index (κ2) is 7.55. The Balaban J connectivity index is 3.58. The Kier molecular flexibility index (Phi) is 7.18. The van der Waals surface area contributed by atoms with Gasteiger partial charge < -0.3 is 10.1 Å². The van der Waals surface area contributed by atoms with Crippen LogP contribution in [0, 0.1) is 12.3 Å². The first-order valence-corrected chi connectivity index (χ1v) is 4.75. The number of ether oxygens (including phenoxy) is 1. The van der Waals surface area contributed by atoms with E-state index in [0.717, 1.165) is 12.8 Å². The Labute approximate surface area is 88.2 Å². The van der Waals surface area contributed by atoms with Crippen LogP contribution in [0.5, 0.6) is 0 Å². The van der Waals surface area contributed by atoms with Crippen molar-refractivity contribution in [2.45, 2.75) is 31.5 Å². The van der Waals surface area contributed by atoms with Gasteiger partial charge in [-0.1, -0.05) is 0 Å². The molecule has 5 heteroatoms. The number of likely N-dealkylation sites (N-methyl/N-ethyl adjacent to an activating group) is 1. The summed E-state index contributed by atoms with van der Waals surface area (Å²) in [4.78, 5) is 0. The molecule has 0 aliphatic heterocycles. The van der Waals surface area contributed by atoms with E-state index in [1.807, 2.05) is 0 Å². The number of alkyl halides is 3. The van der Waals surface area contributed by atoms with Gasteiger partial charge in [-0.2, -0.15) is 13.2 Å². The molecule has 0 heterocycles. The smallest absolute Gasteiger partial charge is 0.370 e. The van der Waals surface area contributed by atoms with Crippen LogP contribution in [0.4, 0.5) is 13.2 Å². The molecular formula is C10H16F3NO. The molecule has 0 aliphatic carbocycles. The zero-order valence-electron chi connectivity index (χ0n) is 8.73. The minimum atomic E-state index is -4.25. The Hall–Kier alpha value is -0.730. The lowest BCUT2D eigenvalue weighted by atomic mass is 10.1. The molecule has 1 N–H and O–H groups in total. The maximum atomic E-state index is 11.7. The highest BCUT2D eigenvalue weighted by Gasteiger charge is 2.27. The summed E-state index contributed by atoms with van der Waals surface area (Å²) in [5, 5.41) is 2.89. The monoisotopic (exact) mass is 223 g/mol. The van der Waals surface area contributed by atoms with E-state index in [9.17, 15) is 13.2 Å². The van der Waals surface area contributed by atoms with Crippen LogP contribution in [-0.4, -0.2) is 32.5 Å². The van der Waals surface area contributed by atoms with Crippen molar-refractivity contribution in [1.29, 1.82) is 0 Å². The van der Waals surface area contributed by atoms with Crippen LogP contribution >= 0.6 is 0 Å². The molecular weight excluding hydrogens is 207 g/mol. The van der Waals surface area contributed by atoms with E-state index in [1.165, 1.54) is 0 Å². The van der Waals surface area contributed by atoms with Gasteiger partial charge in [0.2, 0.25) is 0 Å². The van der Waals surface area contributed by atoms with Crippen LogP contribution < -0.4 is 5.32 Å². The molecule has 0 bridgehead atoms. The van der Waals surface area contributed by atoms with Crippen molar-refractivity contribution in [3.8, 4) is 12.3 Å². The summed E-state index contributed by atoms with van der Waals surface area (Å²) in [5.41, 5.74) is 0. The largest absolute Gasteiger partial charge is 0.411 e. The van der Waals surface area contributed by atoms with Crippen LogP contribution in [0.3, 0.4) is 0 Å². The second-order valence-electron chi connectivity index (χ2n) is 3.21. The molecule has 0 fully saturated rings. The number of nitrogens with one attached hydrogen (secondary N) is 1. The number of terminal acetylenes is 1. The van der Waals surface area contributed by atoms with Crippen molar-refractivity contribution in [3.63, 3.8) is 0 Å². The molecule has 0 saturated carbocycles. The summed E-state index contributed by atoms with van der Waals surface area (Å²) >= 11 is 0. The van der Waals surface area contributed by atoms with Crippen LogP contribution in [0.25, 0.3) is 0 Å². The molecule has 0 aromatic rings. The third-order valence-electron chi connectivity index (χ3n) is 1.87. The molecule has 2 nitrogen and oxygen atoms in total. The Morgan fingerprint density at radius 1 is 1.47 bits per heavy atom. The topological polar surface area (TPSA) is 21.3 Å². The lowest BCUT2D eigenvalue weighted by molar-refractivity contribution is -0.175. The van der Waals surface area contributed by atoms with Crippen LogP contribution in [0.2, 0.25) is 0 Å². The predicted octanol–water partition coefficient (Wildman–Crippen LogP) is 1.96. The highest BCUT2D eigenvalue weighted by Crippen LogP contribution is 2.14. The van der Waals surface area contributed by atoms with Crippen molar-refractivity contribution in [1.82, 2.24) is 5.32 Å². The standard InChI is InChI=1S/C10H16F3NO/c1-3-4-5-6-9(14-2)7-15-8-10(11,12)13/h1,9,14H,4-8H2,2H3. The molecule has 0 aliphatic rings. The summed E-state index contributed by atoms with van der Waals surface area (Å²) in [6.45, 7) is -1.14. The molecule has 1 unspecified atom stereocenters. The molecule has 0 saturated heterocycles. The molecule has 0 aromatic carbocycles. The lowest BCUT2D eigenvalue weighted by Gasteiger charge is -2.16. The summed E-state index contributed by atoms with van der Waals surface area (Å²) in [6.07, 6.45) is 2.96. The van der Waals surface area contributed by atoms with Gasteiger partial charge in [0.15, 0.2) is 0 Å². The van der Waals surface area contributed by atoms with E-state index in [0.29, 0.717) is 6.42 Å². The molecule has 0 amide bonds. The third-order valence-corrected chi connectivity index (χ3v) is 1.87. The fourth-order valence-corrected chi connectivity index (χ4v) is 1.08. The maximum absolute atomic E-state index is 11.7. The third kappa shape index (κ3) is 9.57. The lowest BCUT2D eigenvalue weighted by Crippen LogP contribution is -2.32. The van der Waals surface area contributed by atoms with Gasteiger partial charge in [0.1, 0.15) is 6.61 Å². The van der Waals surface area contributed by atoms with Gasteiger partial charge in [0, 0.05) is 12.5 Å².